The Kier molecular flexibility index (Phi) is 6.21. The number of aromatic nitrogens is 2. The molecule has 1 aliphatic rings. The van der Waals surface area contributed by atoms with E-state index in [2.05, 4.69) is 47.9 Å². The van der Waals surface area contributed by atoms with E-state index < -0.39 is 0 Å². The van der Waals surface area contributed by atoms with E-state index in [4.69, 9.17) is 5.73 Å². The molecule has 5 nitrogen and oxygen atoms in total. The van der Waals surface area contributed by atoms with Crippen molar-refractivity contribution in [2.45, 2.75) is 52.2 Å². The molecule has 1 unspecified atom stereocenters. The first-order valence-electron chi connectivity index (χ1n) is 8.34. The summed E-state index contributed by atoms with van der Waals surface area (Å²) in [5, 5.41) is 4.65. The van der Waals surface area contributed by atoms with Crippen molar-refractivity contribution in [1.29, 1.82) is 0 Å². The topological polar surface area (TPSA) is 50.3 Å². The quantitative estimate of drug-likeness (QED) is 0.831. The fourth-order valence-electron chi connectivity index (χ4n) is 3.10. The molecule has 0 aromatic carbocycles. The molecule has 0 amide bonds. The van der Waals surface area contributed by atoms with Crippen molar-refractivity contribution in [2.24, 2.45) is 5.73 Å². The van der Waals surface area contributed by atoms with Crippen LogP contribution in [-0.4, -0.2) is 58.3 Å². The van der Waals surface area contributed by atoms with E-state index in [-0.39, 0.29) is 0 Å². The Balaban J connectivity index is 1.80. The molecule has 2 N–H and O–H groups in total. The molecule has 0 bridgehead atoms. The van der Waals surface area contributed by atoms with Gasteiger partial charge in [-0.1, -0.05) is 6.92 Å². The summed E-state index contributed by atoms with van der Waals surface area (Å²) in [6.45, 7) is 13.0. The predicted molar refractivity (Wildman–Crippen MR) is 87.2 cm³/mol. The molecule has 21 heavy (non-hydrogen) atoms. The highest BCUT2D eigenvalue weighted by molar-refractivity contribution is 5.00. The molecule has 120 valence electrons. The molecule has 2 heterocycles. The molecule has 0 spiro atoms. The van der Waals surface area contributed by atoms with Gasteiger partial charge in [-0.2, -0.15) is 5.10 Å². The van der Waals surface area contributed by atoms with Crippen LogP contribution in [0.5, 0.6) is 0 Å². The van der Waals surface area contributed by atoms with Gasteiger partial charge in [0.05, 0.1) is 5.69 Å². The SMILES string of the molecule is CCC(CCN)N1CCN(Cc2ccn(C(C)C)n2)CC1. The van der Waals surface area contributed by atoms with Crippen molar-refractivity contribution in [1.82, 2.24) is 19.6 Å². The van der Waals surface area contributed by atoms with E-state index in [1.165, 1.54) is 12.1 Å². The van der Waals surface area contributed by atoms with Gasteiger partial charge in [0.25, 0.3) is 0 Å². The summed E-state index contributed by atoms with van der Waals surface area (Å²) < 4.78 is 2.04. The van der Waals surface area contributed by atoms with E-state index in [0.29, 0.717) is 12.1 Å². The molecule has 2 rings (SSSR count). The number of nitrogens with zero attached hydrogens (tertiary/aromatic N) is 4. The lowest BCUT2D eigenvalue weighted by atomic mass is 10.1. The van der Waals surface area contributed by atoms with Crippen molar-refractivity contribution in [3.63, 3.8) is 0 Å². The maximum atomic E-state index is 5.72. The summed E-state index contributed by atoms with van der Waals surface area (Å²) in [5.41, 5.74) is 6.91. The van der Waals surface area contributed by atoms with Gasteiger partial charge in [-0.05, 0) is 39.3 Å². The summed E-state index contributed by atoms with van der Waals surface area (Å²) in [5.74, 6) is 0. The van der Waals surface area contributed by atoms with Gasteiger partial charge in [-0.3, -0.25) is 14.5 Å². The monoisotopic (exact) mass is 293 g/mol. The van der Waals surface area contributed by atoms with Crippen molar-refractivity contribution in [3.05, 3.63) is 18.0 Å². The number of hydrogen-bond donors (Lipinski definition) is 1. The van der Waals surface area contributed by atoms with E-state index in [1.54, 1.807) is 0 Å². The number of piperazine rings is 1. The van der Waals surface area contributed by atoms with Crippen LogP contribution in [0.1, 0.15) is 45.3 Å². The summed E-state index contributed by atoms with van der Waals surface area (Å²) in [6.07, 6.45) is 4.41. The highest BCUT2D eigenvalue weighted by atomic mass is 15.3. The second-order valence-electron chi connectivity index (χ2n) is 6.33. The first kappa shape index (κ1) is 16.5. The maximum absolute atomic E-state index is 5.72. The third-order valence-corrected chi connectivity index (χ3v) is 4.47. The van der Waals surface area contributed by atoms with Crippen LogP contribution in [-0.2, 0) is 6.54 Å². The molecule has 1 fully saturated rings. The summed E-state index contributed by atoms with van der Waals surface area (Å²) in [6, 6.07) is 3.25. The van der Waals surface area contributed by atoms with Crippen LogP contribution in [0, 0.1) is 0 Å². The van der Waals surface area contributed by atoms with Crippen LogP contribution < -0.4 is 5.73 Å². The van der Waals surface area contributed by atoms with Gasteiger partial charge in [0.1, 0.15) is 0 Å². The van der Waals surface area contributed by atoms with Gasteiger partial charge in [0, 0.05) is 51.0 Å². The number of rotatable bonds is 7. The summed E-state index contributed by atoms with van der Waals surface area (Å²) >= 11 is 0. The molecule has 1 aromatic heterocycles. The van der Waals surface area contributed by atoms with E-state index >= 15 is 0 Å². The van der Waals surface area contributed by atoms with E-state index in [1.807, 2.05) is 4.68 Å². The molecule has 5 heteroatoms. The largest absolute Gasteiger partial charge is 0.330 e. The zero-order valence-corrected chi connectivity index (χ0v) is 13.8. The van der Waals surface area contributed by atoms with Gasteiger partial charge in [0.2, 0.25) is 0 Å². The minimum Gasteiger partial charge on any atom is -0.330 e. The average Bonchev–Trinajstić information content (AvgIpc) is 2.94. The van der Waals surface area contributed by atoms with E-state index in [9.17, 15) is 0 Å². The first-order chi connectivity index (χ1) is 10.1. The van der Waals surface area contributed by atoms with Crippen LogP contribution in [0.15, 0.2) is 12.3 Å². The standard InChI is InChI=1S/C16H31N5/c1-4-16(5-7-17)20-11-9-19(10-12-20)13-15-6-8-21(18-15)14(2)3/h6,8,14,16H,4-5,7,9-13,17H2,1-3H3. The lowest BCUT2D eigenvalue weighted by Gasteiger charge is -2.38. The Bertz CT molecular complexity index is 407. The van der Waals surface area contributed by atoms with Crippen molar-refractivity contribution in [3.8, 4) is 0 Å². The number of nitrogens with two attached hydrogens (primary N) is 1. The molecule has 1 aromatic rings. The molecule has 0 saturated carbocycles. The zero-order chi connectivity index (χ0) is 15.2. The van der Waals surface area contributed by atoms with Crippen LogP contribution >= 0.6 is 0 Å². The molecular weight excluding hydrogens is 262 g/mol. The minimum absolute atomic E-state index is 0.442. The minimum atomic E-state index is 0.442. The summed E-state index contributed by atoms with van der Waals surface area (Å²) in [7, 11) is 0. The molecule has 1 aliphatic heterocycles. The number of hydrogen-bond acceptors (Lipinski definition) is 4. The van der Waals surface area contributed by atoms with Crippen LogP contribution in [0.4, 0.5) is 0 Å². The molecule has 0 aliphatic carbocycles. The molecule has 0 radical (unpaired) electrons. The summed E-state index contributed by atoms with van der Waals surface area (Å²) in [4.78, 5) is 5.12. The highest BCUT2D eigenvalue weighted by Gasteiger charge is 2.22. The molecule has 1 atom stereocenters. The Morgan fingerprint density at radius 2 is 1.95 bits per heavy atom. The fraction of sp³-hybridized carbons (Fsp3) is 0.812. The van der Waals surface area contributed by atoms with Crippen molar-refractivity contribution < 1.29 is 0 Å². The van der Waals surface area contributed by atoms with Gasteiger partial charge in [-0.15, -0.1) is 0 Å². The van der Waals surface area contributed by atoms with Gasteiger partial charge >= 0.3 is 0 Å². The van der Waals surface area contributed by atoms with Crippen molar-refractivity contribution >= 4 is 0 Å². The van der Waals surface area contributed by atoms with E-state index in [0.717, 1.165) is 45.7 Å². The first-order valence-corrected chi connectivity index (χ1v) is 8.34. The average molecular weight is 293 g/mol. The van der Waals surface area contributed by atoms with Gasteiger partial charge < -0.3 is 5.73 Å². The normalized spacial score (nSPS) is 19.3. The Morgan fingerprint density at radius 1 is 1.24 bits per heavy atom. The van der Waals surface area contributed by atoms with Crippen molar-refractivity contribution in [2.75, 3.05) is 32.7 Å². The lowest BCUT2D eigenvalue weighted by molar-refractivity contribution is 0.0863. The lowest BCUT2D eigenvalue weighted by Crippen LogP contribution is -2.50. The van der Waals surface area contributed by atoms with Crippen LogP contribution in [0.25, 0.3) is 0 Å². The third kappa shape index (κ3) is 4.53. The Hall–Kier alpha value is -0.910. The Labute approximate surface area is 129 Å². The van der Waals surface area contributed by atoms with Gasteiger partial charge in [-0.25, -0.2) is 0 Å². The Morgan fingerprint density at radius 3 is 2.48 bits per heavy atom. The smallest absolute Gasteiger partial charge is 0.0764 e. The third-order valence-electron chi connectivity index (χ3n) is 4.47. The highest BCUT2D eigenvalue weighted by Crippen LogP contribution is 2.14. The van der Waals surface area contributed by atoms with Gasteiger partial charge in [0.15, 0.2) is 0 Å². The maximum Gasteiger partial charge on any atom is 0.0764 e. The fourth-order valence-corrected chi connectivity index (χ4v) is 3.10. The second-order valence-corrected chi connectivity index (χ2v) is 6.33. The second kappa shape index (κ2) is 7.92. The predicted octanol–water partition coefficient (Wildman–Crippen LogP) is 1.71. The molecular formula is C16H31N5. The van der Waals surface area contributed by atoms with Crippen LogP contribution in [0.2, 0.25) is 0 Å². The zero-order valence-electron chi connectivity index (χ0n) is 13.8. The molecule has 1 saturated heterocycles. The van der Waals surface area contributed by atoms with Crippen LogP contribution in [0.3, 0.4) is 0 Å².